The molecule has 0 bridgehead atoms. The summed E-state index contributed by atoms with van der Waals surface area (Å²) in [6, 6.07) is 9.92. The lowest BCUT2D eigenvalue weighted by molar-refractivity contribution is 0.305. The predicted molar refractivity (Wildman–Crippen MR) is 72.5 cm³/mol. The fraction of sp³-hybridized carbons (Fsp3) is 0.154. The molecule has 1 heterocycles. The monoisotopic (exact) mass is 278 g/mol. The summed E-state index contributed by atoms with van der Waals surface area (Å²) < 4.78 is 28.4. The second-order valence-electron chi connectivity index (χ2n) is 4.08. The van der Waals surface area contributed by atoms with E-state index in [1.165, 1.54) is 12.1 Å². The second-order valence-corrected chi connectivity index (χ2v) is 6.10. The first-order valence-electron chi connectivity index (χ1n) is 5.59. The zero-order chi connectivity index (χ0) is 13.9. The number of benzene rings is 1. The van der Waals surface area contributed by atoms with Gasteiger partial charge in [-0.15, -0.1) is 0 Å². The lowest BCUT2D eigenvalue weighted by Gasteiger charge is -2.08. The van der Waals surface area contributed by atoms with Crippen molar-refractivity contribution in [2.24, 2.45) is 0 Å². The van der Waals surface area contributed by atoms with Gasteiger partial charge in [0.2, 0.25) is 0 Å². The molecule has 2 aromatic rings. The van der Waals surface area contributed by atoms with Crippen molar-refractivity contribution in [3.8, 4) is 5.75 Å². The summed E-state index contributed by atoms with van der Waals surface area (Å²) in [5.41, 5.74) is 6.45. The van der Waals surface area contributed by atoms with E-state index >= 15 is 0 Å². The molecule has 1 aromatic heterocycles. The summed E-state index contributed by atoms with van der Waals surface area (Å²) in [7, 11) is -3.23. The van der Waals surface area contributed by atoms with Gasteiger partial charge in [-0.05, 0) is 24.3 Å². The summed E-state index contributed by atoms with van der Waals surface area (Å²) in [6.45, 7) is 0.243. The molecule has 5 nitrogen and oxygen atoms in total. The summed E-state index contributed by atoms with van der Waals surface area (Å²) in [4.78, 5) is 4.18. The van der Waals surface area contributed by atoms with E-state index in [9.17, 15) is 8.42 Å². The smallest absolute Gasteiger partial charge is 0.175 e. The number of nitrogen functional groups attached to an aromatic ring is 1. The van der Waals surface area contributed by atoms with Gasteiger partial charge < -0.3 is 10.5 Å². The van der Waals surface area contributed by atoms with E-state index in [0.717, 1.165) is 11.8 Å². The minimum atomic E-state index is -3.23. The highest BCUT2D eigenvalue weighted by Gasteiger charge is 2.08. The Balaban J connectivity index is 2.15. The van der Waals surface area contributed by atoms with Crippen LogP contribution in [0.4, 0.5) is 5.82 Å². The van der Waals surface area contributed by atoms with Gasteiger partial charge in [0.1, 0.15) is 18.2 Å². The van der Waals surface area contributed by atoms with E-state index in [-0.39, 0.29) is 11.5 Å². The van der Waals surface area contributed by atoms with Crippen LogP contribution in [0.2, 0.25) is 0 Å². The molecule has 19 heavy (non-hydrogen) atoms. The lowest BCUT2D eigenvalue weighted by Crippen LogP contribution is -2.02. The van der Waals surface area contributed by atoms with Gasteiger partial charge in [-0.3, -0.25) is 0 Å². The maximum atomic E-state index is 11.4. The molecule has 0 spiro atoms. The highest BCUT2D eigenvalue weighted by molar-refractivity contribution is 7.90. The topological polar surface area (TPSA) is 82.3 Å². The van der Waals surface area contributed by atoms with Gasteiger partial charge >= 0.3 is 0 Å². The normalized spacial score (nSPS) is 11.2. The van der Waals surface area contributed by atoms with Crippen molar-refractivity contribution in [2.75, 3.05) is 12.0 Å². The SMILES string of the molecule is CS(=O)(=O)c1cccc(OCc2cccnc2N)c1. The van der Waals surface area contributed by atoms with Gasteiger partial charge in [-0.25, -0.2) is 13.4 Å². The molecule has 0 aliphatic heterocycles. The molecular formula is C13H14N2O3S. The Labute approximate surface area is 112 Å². The Morgan fingerprint density at radius 1 is 1.26 bits per heavy atom. The van der Waals surface area contributed by atoms with Crippen LogP contribution in [-0.4, -0.2) is 19.7 Å². The van der Waals surface area contributed by atoms with E-state index in [0.29, 0.717) is 11.6 Å². The predicted octanol–water partition coefficient (Wildman–Crippen LogP) is 1.65. The maximum absolute atomic E-state index is 11.4. The number of aromatic nitrogens is 1. The number of ether oxygens (including phenoxy) is 1. The minimum absolute atomic E-state index is 0.226. The average Bonchev–Trinajstić information content (AvgIpc) is 2.37. The van der Waals surface area contributed by atoms with Gasteiger partial charge in [0, 0.05) is 18.0 Å². The van der Waals surface area contributed by atoms with Crippen LogP contribution in [0.15, 0.2) is 47.5 Å². The van der Waals surface area contributed by atoms with Crippen LogP contribution >= 0.6 is 0 Å². The molecule has 0 saturated heterocycles. The van der Waals surface area contributed by atoms with Crippen molar-refractivity contribution >= 4 is 15.7 Å². The van der Waals surface area contributed by atoms with Crippen LogP contribution in [0.25, 0.3) is 0 Å². The first-order chi connectivity index (χ1) is 8.97. The van der Waals surface area contributed by atoms with Gasteiger partial charge in [0.25, 0.3) is 0 Å². The summed E-state index contributed by atoms with van der Waals surface area (Å²) in [5.74, 6) is 0.882. The third-order valence-electron chi connectivity index (χ3n) is 2.55. The van der Waals surface area contributed by atoms with Crippen molar-refractivity contribution in [1.82, 2.24) is 4.98 Å². The Hall–Kier alpha value is -2.08. The molecule has 0 radical (unpaired) electrons. The highest BCUT2D eigenvalue weighted by atomic mass is 32.2. The molecule has 100 valence electrons. The Morgan fingerprint density at radius 3 is 2.74 bits per heavy atom. The number of nitrogens with zero attached hydrogens (tertiary/aromatic N) is 1. The third-order valence-corrected chi connectivity index (χ3v) is 3.66. The van der Waals surface area contributed by atoms with Crippen LogP contribution in [0.5, 0.6) is 5.75 Å². The van der Waals surface area contributed by atoms with Crippen LogP contribution in [-0.2, 0) is 16.4 Å². The quantitative estimate of drug-likeness (QED) is 0.919. The maximum Gasteiger partial charge on any atom is 0.175 e. The molecular weight excluding hydrogens is 264 g/mol. The van der Waals surface area contributed by atoms with Crippen LogP contribution in [0.3, 0.4) is 0 Å². The molecule has 0 aliphatic rings. The Morgan fingerprint density at radius 2 is 2.05 bits per heavy atom. The molecule has 0 atom stereocenters. The molecule has 2 N–H and O–H groups in total. The van der Waals surface area contributed by atoms with E-state index in [4.69, 9.17) is 10.5 Å². The fourth-order valence-electron chi connectivity index (χ4n) is 1.53. The largest absolute Gasteiger partial charge is 0.489 e. The molecule has 2 rings (SSSR count). The van der Waals surface area contributed by atoms with E-state index in [1.807, 2.05) is 6.07 Å². The standard InChI is InChI=1S/C13H14N2O3S/c1-19(16,17)12-6-2-5-11(8-12)18-9-10-4-3-7-15-13(10)14/h2-8H,9H2,1H3,(H2,14,15). The first-order valence-corrected chi connectivity index (χ1v) is 7.48. The number of pyridine rings is 1. The molecule has 0 saturated carbocycles. The average molecular weight is 278 g/mol. The van der Waals surface area contributed by atoms with Crippen molar-refractivity contribution in [3.05, 3.63) is 48.2 Å². The number of nitrogens with two attached hydrogens (primary N) is 1. The van der Waals surface area contributed by atoms with Crippen molar-refractivity contribution in [1.29, 1.82) is 0 Å². The van der Waals surface area contributed by atoms with E-state index in [2.05, 4.69) is 4.98 Å². The third kappa shape index (κ3) is 3.45. The van der Waals surface area contributed by atoms with Gasteiger partial charge in [0.05, 0.1) is 4.90 Å². The van der Waals surface area contributed by atoms with Crippen molar-refractivity contribution in [2.45, 2.75) is 11.5 Å². The fourth-order valence-corrected chi connectivity index (χ4v) is 2.18. The minimum Gasteiger partial charge on any atom is -0.489 e. The number of anilines is 1. The van der Waals surface area contributed by atoms with Gasteiger partial charge in [0.15, 0.2) is 9.84 Å². The van der Waals surface area contributed by atoms with Gasteiger partial charge in [-0.2, -0.15) is 0 Å². The van der Waals surface area contributed by atoms with Gasteiger partial charge in [-0.1, -0.05) is 12.1 Å². The first kappa shape index (κ1) is 13.4. The lowest BCUT2D eigenvalue weighted by atomic mass is 10.3. The summed E-state index contributed by atoms with van der Waals surface area (Å²) in [6.07, 6.45) is 2.76. The molecule has 0 aliphatic carbocycles. The molecule has 0 fully saturated rings. The van der Waals surface area contributed by atoms with E-state index < -0.39 is 9.84 Å². The van der Waals surface area contributed by atoms with Crippen molar-refractivity contribution in [3.63, 3.8) is 0 Å². The van der Waals surface area contributed by atoms with Crippen LogP contribution in [0.1, 0.15) is 5.56 Å². The number of rotatable bonds is 4. The summed E-state index contributed by atoms with van der Waals surface area (Å²) >= 11 is 0. The second kappa shape index (κ2) is 5.27. The number of sulfone groups is 1. The molecule has 1 aromatic carbocycles. The Kier molecular flexibility index (Phi) is 3.71. The molecule has 6 heteroatoms. The van der Waals surface area contributed by atoms with Crippen molar-refractivity contribution < 1.29 is 13.2 Å². The van der Waals surface area contributed by atoms with E-state index in [1.54, 1.807) is 24.4 Å². The number of hydrogen-bond donors (Lipinski definition) is 1. The summed E-state index contributed by atoms with van der Waals surface area (Å²) in [5, 5.41) is 0. The van der Waals surface area contributed by atoms with Crippen LogP contribution < -0.4 is 10.5 Å². The van der Waals surface area contributed by atoms with Crippen LogP contribution in [0, 0.1) is 0 Å². The zero-order valence-corrected chi connectivity index (χ0v) is 11.2. The molecule has 0 unspecified atom stereocenters. The molecule has 0 amide bonds. The highest BCUT2D eigenvalue weighted by Crippen LogP contribution is 2.19. The zero-order valence-electron chi connectivity index (χ0n) is 10.4. The Bertz CT molecular complexity index is 684. The number of hydrogen-bond acceptors (Lipinski definition) is 5.